The number of likely N-dealkylation sites (N-methyl/N-ethyl adjacent to an activating group) is 1. The maximum atomic E-state index is 11.9. The molecule has 1 aromatic carbocycles. The third-order valence-corrected chi connectivity index (χ3v) is 3.60. The summed E-state index contributed by atoms with van der Waals surface area (Å²) in [4.78, 5) is 25.6. The molecule has 2 rings (SSSR count). The number of likely N-dealkylation sites (tertiary alicyclic amines) is 1. The Morgan fingerprint density at radius 1 is 1.45 bits per heavy atom. The highest BCUT2D eigenvalue weighted by Crippen LogP contribution is 2.09. The number of rotatable bonds is 4. The van der Waals surface area contributed by atoms with Crippen LogP contribution in [0.1, 0.15) is 17.5 Å². The highest BCUT2D eigenvalue weighted by atomic mass is 32.1. The van der Waals surface area contributed by atoms with E-state index in [1.165, 1.54) is 0 Å². The lowest BCUT2D eigenvalue weighted by molar-refractivity contribution is -0.131. The Hall–Kier alpha value is -1.95. The van der Waals surface area contributed by atoms with Crippen molar-refractivity contribution in [2.24, 2.45) is 5.73 Å². The number of nitrogens with one attached hydrogen (secondary N) is 1. The average molecular weight is 291 g/mol. The monoisotopic (exact) mass is 291 g/mol. The first-order valence-electron chi connectivity index (χ1n) is 6.40. The Labute approximate surface area is 123 Å². The average Bonchev–Trinajstić information content (AvgIpc) is 2.71. The van der Waals surface area contributed by atoms with Crippen LogP contribution in [-0.2, 0) is 16.0 Å². The van der Waals surface area contributed by atoms with E-state index < -0.39 is 0 Å². The lowest BCUT2D eigenvalue weighted by atomic mass is 10.1. The number of hydrogen-bond acceptors (Lipinski definition) is 3. The van der Waals surface area contributed by atoms with E-state index in [1.54, 1.807) is 24.1 Å². The molecular weight excluding hydrogens is 274 g/mol. The fourth-order valence-electron chi connectivity index (χ4n) is 2.17. The largest absolute Gasteiger partial charge is 0.389 e. The lowest BCUT2D eigenvalue weighted by Gasteiger charge is -2.12. The van der Waals surface area contributed by atoms with Gasteiger partial charge in [0.15, 0.2) is 0 Å². The summed E-state index contributed by atoms with van der Waals surface area (Å²) < 4.78 is 0. The second-order valence-corrected chi connectivity index (χ2v) is 5.35. The van der Waals surface area contributed by atoms with Gasteiger partial charge in [0.25, 0.3) is 0 Å². The molecule has 1 fully saturated rings. The summed E-state index contributed by atoms with van der Waals surface area (Å²) in [5, 5.41) is 2.76. The van der Waals surface area contributed by atoms with Crippen LogP contribution in [-0.4, -0.2) is 41.3 Å². The quantitative estimate of drug-likeness (QED) is 0.778. The minimum Gasteiger partial charge on any atom is -0.389 e. The summed E-state index contributed by atoms with van der Waals surface area (Å²) in [6.45, 7) is 0.687. The number of thiocarbonyl (C=S) groups is 1. The fourth-order valence-corrected chi connectivity index (χ4v) is 2.31. The predicted molar refractivity (Wildman–Crippen MR) is 80.2 cm³/mol. The second-order valence-electron chi connectivity index (χ2n) is 4.91. The van der Waals surface area contributed by atoms with E-state index in [0.29, 0.717) is 18.0 Å². The SMILES string of the molecule is CN1CCC(NC(=O)Cc2ccc(C(N)=S)cc2)C1=O. The van der Waals surface area contributed by atoms with Crippen LogP contribution in [0.2, 0.25) is 0 Å². The molecule has 1 heterocycles. The molecule has 3 N–H and O–H groups in total. The van der Waals surface area contributed by atoms with Gasteiger partial charge in [-0.1, -0.05) is 36.5 Å². The van der Waals surface area contributed by atoms with Crippen molar-refractivity contribution in [2.75, 3.05) is 13.6 Å². The molecule has 0 saturated carbocycles. The first-order valence-corrected chi connectivity index (χ1v) is 6.81. The van der Waals surface area contributed by atoms with Gasteiger partial charge in [0.2, 0.25) is 11.8 Å². The zero-order valence-electron chi connectivity index (χ0n) is 11.3. The van der Waals surface area contributed by atoms with Crippen LogP contribution in [0.15, 0.2) is 24.3 Å². The number of benzene rings is 1. The molecule has 1 aliphatic heterocycles. The topological polar surface area (TPSA) is 75.4 Å². The molecule has 0 radical (unpaired) electrons. The normalized spacial score (nSPS) is 18.1. The van der Waals surface area contributed by atoms with Gasteiger partial charge in [0.05, 0.1) is 6.42 Å². The summed E-state index contributed by atoms with van der Waals surface area (Å²) in [6.07, 6.45) is 0.909. The van der Waals surface area contributed by atoms with Gasteiger partial charge in [-0.2, -0.15) is 0 Å². The minimum absolute atomic E-state index is 0.0258. The Kier molecular flexibility index (Phi) is 4.34. The zero-order valence-corrected chi connectivity index (χ0v) is 12.1. The van der Waals surface area contributed by atoms with Gasteiger partial charge in [-0.25, -0.2) is 0 Å². The molecule has 1 saturated heterocycles. The molecule has 1 aromatic rings. The molecular formula is C14H17N3O2S. The van der Waals surface area contributed by atoms with E-state index in [9.17, 15) is 9.59 Å². The van der Waals surface area contributed by atoms with Crippen molar-refractivity contribution in [3.05, 3.63) is 35.4 Å². The van der Waals surface area contributed by atoms with Crippen LogP contribution in [0.25, 0.3) is 0 Å². The Balaban J connectivity index is 1.91. The first-order chi connectivity index (χ1) is 9.47. The molecule has 0 bridgehead atoms. The van der Waals surface area contributed by atoms with Gasteiger partial charge in [-0.3, -0.25) is 9.59 Å². The summed E-state index contributed by atoms with van der Waals surface area (Å²) in [6, 6.07) is 6.83. The van der Waals surface area contributed by atoms with Crippen LogP contribution in [0.4, 0.5) is 0 Å². The summed E-state index contributed by atoms with van der Waals surface area (Å²) in [5.41, 5.74) is 7.15. The van der Waals surface area contributed by atoms with E-state index in [1.807, 2.05) is 12.1 Å². The molecule has 106 valence electrons. The van der Waals surface area contributed by atoms with Gasteiger partial charge in [-0.05, 0) is 12.0 Å². The van der Waals surface area contributed by atoms with Crippen molar-refractivity contribution in [1.29, 1.82) is 0 Å². The van der Waals surface area contributed by atoms with Crippen molar-refractivity contribution >= 4 is 29.0 Å². The fraction of sp³-hybridized carbons (Fsp3) is 0.357. The second kappa shape index (κ2) is 6.00. The summed E-state index contributed by atoms with van der Waals surface area (Å²) >= 11 is 4.87. The van der Waals surface area contributed by atoms with Crippen LogP contribution in [0.5, 0.6) is 0 Å². The highest BCUT2D eigenvalue weighted by molar-refractivity contribution is 7.80. The smallest absolute Gasteiger partial charge is 0.244 e. The highest BCUT2D eigenvalue weighted by Gasteiger charge is 2.29. The molecule has 2 amide bonds. The Bertz CT molecular complexity index is 542. The van der Waals surface area contributed by atoms with Crippen LogP contribution < -0.4 is 11.1 Å². The molecule has 0 spiro atoms. The standard InChI is InChI=1S/C14H17N3O2S/c1-17-7-6-11(14(17)19)16-12(18)8-9-2-4-10(5-3-9)13(15)20/h2-5,11H,6-8H2,1H3,(H2,15,20)(H,16,18). The van der Waals surface area contributed by atoms with Crippen molar-refractivity contribution < 1.29 is 9.59 Å². The van der Waals surface area contributed by atoms with E-state index >= 15 is 0 Å². The van der Waals surface area contributed by atoms with Crippen molar-refractivity contribution in [3.8, 4) is 0 Å². The number of carbonyl (C=O) groups is 2. The first kappa shape index (κ1) is 14.5. The maximum Gasteiger partial charge on any atom is 0.244 e. The van der Waals surface area contributed by atoms with Gasteiger partial charge in [-0.15, -0.1) is 0 Å². The zero-order chi connectivity index (χ0) is 14.7. The number of carbonyl (C=O) groups excluding carboxylic acids is 2. The molecule has 6 heteroatoms. The van der Waals surface area contributed by atoms with Gasteiger partial charge in [0.1, 0.15) is 11.0 Å². The molecule has 1 aliphatic rings. The van der Waals surface area contributed by atoms with Crippen LogP contribution >= 0.6 is 12.2 Å². The lowest BCUT2D eigenvalue weighted by Crippen LogP contribution is -2.41. The van der Waals surface area contributed by atoms with Crippen LogP contribution in [0.3, 0.4) is 0 Å². The number of amides is 2. The van der Waals surface area contributed by atoms with Gasteiger partial charge >= 0.3 is 0 Å². The molecule has 1 atom stereocenters. The number of hydrogen-bond donors (Lipinski definition) is 2. The molecule has 0 aliphatic carbocycles. The minimum atomic E-state index is -0.386. The van der Waals surface area contributed by atoms with E-state index in [-0.39, 0.29) is 24.3 Å². The Morgan fingerprint density at radius 2 is 2.10 bits per heavy atom. The third-order valence-electron chi connectivity index (χ3n) is 3.37. The van der Waals surface area contributed by atoms with E-state index in [0.717, 1.165) is 11.1 Å². The number of nitrogens with two attached hydrogens (primary N) is 1. The summed E-state index contributed by atoms with van der Waals surface area (Å²) in [7, 11) is 1.74. The van der Waals surface area contributed by atoms with Crippen molar-refractivity contribution in [1.82, 2.24) is 10.2 Å². The van der Waals surface area contributed by atoms with Crippen molar-refractivity contribution in [3.63, 3.8) is 0 Å². The predicted octanol–water partition coefficient (Wildman–Crippen LogP) is 0.210. The van der Waals surface area contributed by atoms with Gasteiger partial charge in [0, 0.05) is 19.2 Å². The Morgan fingerprint density at radius 3 is 2.60 bits per heavy atom. The maximum absolute atomic E-state index is 11.9. The number of nitrogens with zero attached hydrogens (tertiary/aromatic N) is 1. The molecule has 5 nitrogen and oxygen atoms in total. The van der Waals surface area contributed by atoms with Crippen LogP contribution in [0, 0.1) is 0 Å². The molecule has 0 aromatic heterocycles. The summed E-state index contributed by atoms with van der Waals surface area (Å²) in [5.74, 6) is -0.177. The van der Waals surface area contributed by atoms with Gasteiger partial charge < -0.3 is 16.0 Å². The molecule has 20 heavy (non-hydrogen) atoms. The third kappa shape index (κ3) is 3.33. The molecule has 1 unspecified atom stereocenters. The van der Waals surface area contributed by atoms with Crippen molar-refractivity contribution in [2.45, 2.75) is 18.9 Å². The van der Waals surface area contributed by atoms with E-state index in [2.05, 4.69) is 5.32 Å². The van der Waals surface area contributed by atoms with E-state index in [4.69, 9.17) is 18.0 Å².